The zero-order valence-corrected chi connectivity index (χ0v) is 15.8. The summed E-state index contributed by atoms with van der Waals surface area (Å²) >= 11 is 0. The number of carbonyl (C=O) groups excluding carboxylic acids is 1. The van der Waals surface area contributed by atoms with E-state index in [0.29, 0.717) is 37.9 Å². The molecule has 0 saturated carbocycles. The van der Waals surface area contributed by atoms with Gasteiger partial charge in [-0.3, -0.25) is 9.67 Å². The molecule has 146 valence electrons. The van der Waals surface area contributed by atoms with Gasteiger partial charge < -0.3 is 10.1 Å². The van der Waals surface area contributed by atoms with Crippen LogP contribution in [0.15, 0.2) is 18.5 Å². The van der Waals surface area contributed by atoms with Crippen LogP contribution < -0.4 is 5.32 Å². The maximum Gasteiger partial charge on any atom is 0.407 e. The second kappa shape index (κ2) is 7.62. The summed E-state index contributed by atoms with van der Waals surface area (Å²) in [4.78, 5) is 15.8. The van der Waals surface area contributed by atoms with Crippen LogP contribution in [0.2, 0.25) is 0 Å². The average molecular weight is 378 g/mol. The van der Waals surface area contributed by atoms with E-state index < -0.39 is 18.1 Å². The van der Waals surface area contributed by atoms with Crippen LogP contribution in [0, 0.1) is 0 Å². The van der Waals surface area contributed by atoms with E-state index in [1.54, 1.807) is 37.8 Å². The molecule has 1 N–H and O–H groups in total. The molecule has 0 unspecified atom stereocenters. The topological polar surface area (TPSA) is 69.0 Å². The minimum atomic E-state index is -2.61. The quantitative estimate of drug-likeness (QED) is 0.802. The van der Waals surface area contributed by atoms with Gasteiger partial charge >= 0.3 is 6.09 Å². The molecule has 0 saturated heterocycles. The van der Waals surface area contributed by atoms with Crippen molar-refractivity contribution in [1.29, 1.82) is 0 Å². The standard InChI is InChI=1S/C19H24F2N4O2/c1-19(2,3)27-18(26)23-8-4-10-25-16-13-7-9-22-11-12(13)5-6-14(16)15(24-25)17(20)21/h7,9,11,17H,4-6,8,10H2,1-3H3,(H,23,26). The van der Waals surface area contributed by atoms with Gasteiger partial charge in [0.05, 0.1) is 5.69 Å². The number of pyridine rings is 1. The van der Waals surface area contributed by atoms with E-state index in [-0.39, 0.29) is 5.69 Å². The molecule has 0 atom stereocenters. The number of hydrogen-bond donors (Lipinski definition) is 1. The van der Waals surface area contributed by atoms with Crippen molar-refractivity contribution in [3.8, 4) is 11.3 Å². The monoisotopic (exact) mass is 378 g/mol. The normalized spacial score (nSPS) is 13.3. The van der Waals surface area contributed by atoms with E-state index in [2.05, 4.69) is 15.4 Å². The Balaban J connectivity index is 1.73. The highest BCUT2D eigenvalue weighted by molar-refractivity contribution is 5.70. The molecule has 6 nitrogen and oxygen atoms in total. The highest BCUT2D eigenvalue weighted by Crippen LogP contribution is 2.37. The maximum atomic E-state index is 13.4. The Hall–Kier alpha value is -2.51. The second-order valence-corrected chi connectivity index (χ2v) is 7.55. The van der Waals surface area contributed by atoms with Crippen LogP contribution in [0.5, 0.6) is 0 Å². The van der Waals surface area contributed by atoms with Crippen LogP contribution in [0.3, 0.4) is 0 Å². The Bertz CT molecular complexity index is 828. The van der Waals surface area contributed by atoms with Crippen molar-refractivity contribution < 1.29 is 18.3 Å². The molecule has 2 aromatic rings. The summed E-state index contributed by atoms with van der Waals surface area (Å²) in [5.74, 6) is 0. The van der Waals surface area contributed by atoms with Gasteiger partial charge in [0.25, 0.3) is 6.43 Å². The van der Waals surface area contributed by atoms with Crippen molar-refractivity contribution in [3.05, 3.63) is 35.3 Å². The molecule has 3 rings (SSSR count). The number of hydrogen-bond acceptors (Lipinski definition) is 4. The number of aryl methyl sites for hydroxylation is 2. The largest absolute Gasteiger partial charge is 0.444 e. The zero-order valence-electron chi connectivity index (χ0n) is 15.8. The number of halogens is 2. The number of alkyl halides is 2. The average Bonchev–Trinajstić information content (AvgIpc) is 2.96. The van der Waals surface area contributed by atoms with E-state index in [4.69, 9.17) is 4.74 Å². The first-order valence-electron chi connectivity index (χ1n) is 9.04. The maximum absolute atomic E-state index is 13.4. The first kappa shape index (κ1) is 19.3. The number of aromatic nitrogens is 3. The van der Waals surface area contributed by atoms with E-state index in [9.17, 15) is 13.6 Å². The van der Waals surface area contributed by atoms with Gasteiger partial charge in [-0.05, 0) is 51.7 Å². The minimum absolute atomic E-state index is 0.146. The molecule has 0 aliphatic heterocycles. The van der Waals surface area contributed by atoms with Crippen LogP contribution >= 0.6 is 0 Å². The zero-order chi connectivity index (χ0) is 19.6. The number of rotatable bonds is 5. The van der Waals surface area contributed by atoms with Gasteiger partial charge in [0.15, 0.2) is 0 Å². The number of alkyl carbamates (subject to hydrolysis) is 1. The molecular formula is C19H24F2N4O2. The van der Waals surface area contributed by atoms with Crippen LogP contribution in [-0.4, -0.2) is 33.0 Å². The molecule has 0 radical (unpaired) electrons. The molecule has 0 spiro atoms. The fourth-order valence-corrected chi connectivity index (χ4v) is 3.25. The van der Waals surface area contributed by atoms with Crippen LogP contribution in [0.4, 0.5) is 13.6 Å². The van der Waals surface area contributed by atoms with Crippen molar-refractivity contribution >= 4 is 6.09 Å². The summed E-state index contributed by atoms with van der Waals surface area (Å²) in [5.41, 5.74) is 2.60. The fourth-order valence-electron chi connectivity index (χ4n) is 3.25. The Kier molecular flexibility index (Phi) is 5.43. The number of amides is 1. The molecule has 27 heavy (non-hydrogen) atoms. The highest BCUT2D eigenvalue weighted by Gasteiger charge is 2.28. The van der Waals surface area contributed by atoms with Crippen molar-refractivity contribution in [1.82, 2.24) is 20.1 Å². The molecule has 1 amide bonds. The van der Waals surface area contributed by atoms with Gasteiger partial charge in [-0.15, -0.1) is 0 Å². The van der Waals surface area contributed by atoms with Crippen LogP contribution in [-0.2, 0) is 24.1 Å². The van der Waals surface area contributed by atoms with Gasteiger partial charge in [0.1, 0.15) is 11.3 Å². The molecule has 8 heteroatoms. The number of ether oxygens (including phenoxy) is 1. The minimum Gasteiger partial charge on any atom is -0.444 e. The van der Waals surface area contributed by atoms with Gasteiger partial charge in [0.2, 0.25) is 0 Å². The van der Waals surface area contributed by atoms with E-state index in [1.165, 1.54) is 0 Å². The molecule has 1 aliphatic carbocycles. The predicted octanol–water partition coefficient (Wildman–Crippen LogP) is 3.90. The van der Waals surface area contributed by atoms with Crippen LogP contribution in [0.25, 0.3) is 11.3 Å². The summed E-state index contributed by atoms with van der Waals surface area (Å²) in [6, 6.07) is 1.85. The van der Waals surface area contributed by atoms with Crippen molar-refractivity contribution in [2.24, 2.45) is 0 Å². The smallest absolute Gasteiger partial charge is 0.407 e. The van der Waals surface area contributed by atoms with Crippen LogP contribution in [0.1, 0.15) is 50.4 Å². The first-order valence-corrected chi connectivity index (χ1v) is 9.04. The molecule has 0 aromatic carbocycles. The third-order valence-corrected chi connectivity index (χ3v) is 4.31. The summed E-state index contributed by atoms with van der Waals surface area (Å²) in [5, 5.41) is 6.85. The second-order valence-electron chi connectivity index (χ2n) is 7.55. The SMILES string of the molecule is CC(C)(C)OC(=O)NCCCn1nc(C(F)F)c2c1-c1ccncc1CC2. The molecule has 0 fully saturated rings. The molecular weight excluding hydrogens is 354 g/mol. The van der Waals surface area contributed by atoms with E-state index >= 15 is 0 Å². The Morgan fingerprint density at radius 2 is 2.15 bits per heavy atom. The van der Waals surface area contributed by atoms with Gasteiger partial charge in [-0.25, -0.2) is 13.6 Å². The summed E-state index contributed by atoms with van der Waals surface area (Å²) in [6.45, 7) is 6.17. The van der Waals surface area contributed by atoms with Crippen molar-refractivity contribution in [2.75, 3.05) is 6.54 Å². The Morgan fingerprint density at radius 1 is 1.37 bits per heavy atom. The van der Waals surface area contributed by atoms with Crippen molar-refractivity contribution in [3.63, 3.8) is 0 Å². The molecule has 0 bridgehead atoms. The lowest BCUT2D eigenvalue weighted by Gasteiger charge is -2.20. The van der Waals surface area contributed by atoms with Crippen molar-refractivity contribution in [2.45, 2.75) is 58.6 Å². The Labute approximate surface area is 156 Å². The Morgan fingerprint density at radius 3 is 2.85 bits per heavy atom. The third kappa shape index (κ3) is 4.43. The van der Waals surface area contributed by atoms with Gasteiger partial charge in [-0.1, -0.05) is 0 Å². The summed E-state index contributed by atoms with van der Waals surface area (Å²) < 4.78 is 33.7. The summed E-state index contributed by atoms with van der Waals surface area (Å²) in [7, 11) is 0. The first-order chi connectivity index (χ1) is 12.8. The lowest BCUT2D eigenvalue weighted by Crippen LogP contribution is -2.33. The van der Waals surface area contributed by atoms with E-state index in [1.807, 2.05) is 6.07 Å². The predicted molar refractivity (Wildman–Crippen MR) is 96.7 cm³/mol. The lowest BCUT2D eigenvalue weighted by atomic mass is 9.90. The molecule has 2 aromatic heterocycles. The number of nitrogens with one attached hydrogen (secondary N) is 1. The molecule has 1 aliphatic rings. The van der Waals surface area contributed by atoms with Gasteiger partial charge in [0, 0.05) is 36.6 Å². The highest BCUT2D eigenvalue weighted by atomic mass is 19.3. The van der Waals surface area contributed by atoms with E-state index in [0.717, 1.165) is 16.8 Å². The summed E-state index contributed by atoms with van der Waals surface area (Å²) in [6.07, 6.45) is 2.11. The number of nitrogens with zero attached hydrogens (tertiary/aromatic N) is 3. The fraction of sp³-hybridized carbons (Fsp3) is 0.526. The lowest BCUT2D eigenvalue weighted by molar-refractivity contribution is 0.0526. The number of fused-ring (bicyclic) bond motifs is 3. The molecule has 2 heterocycles. The number of carbonyl (C=O) groups is 1. The third-order valence-electron chi connectivity index (χ3n) is 4.31. The van der Waals surface area contributed by atoms with Gasteiger partial charge in [-0.2, -0.15) is 5.10 Å².